The minimum atomic E-state index is -0.203. The van der Waals surface area contributed by atoms with Crippen LogP contribution in [0.5, 0.6) is 17.5 Å². The highest BCUT2D eigenvalue weighted by Gasteiger charge is 2.37. The van der Waals surface area contributed by atoms with Gasteiger partial charge in [-0.3, -0.25) is 9.59 Å². The summed E-state index contributed by atoms with van der Waals surface area (Å²) in [6.07, 6.45) is 7.38. The van der Waals surface area contributed by atoms with Gasteiger partial charge in [-0.25, -0.2) is 9.03 Å². The van der Waals surface area contributed by atoms with Crippen LogP contribution in [0.3, 0.4) is 0 Å². The van der Waals surface area contributed by atoms with Gasteiger partial charge in [0.25, 0.3) is 0 Å². The third-order valence-electron chi connectivity index (χ3n) is 9.42. The van der Waals surface area contributed by atoms with E-state index in [1.165, 1.54) is 0 Å². The number of carbonyl (C=O) groups excluding carboxylic acids is 2. The average Bonchev–Trinajstić information content (AvgIpc) is 3.88. The van der Waals surface area contributed by atoms with E-state index in [0.29, 0.717) is 48.0 Å². The Labute approximate surface area is 299 Å². The number of ether oxygens (including phenoxy) is 3. The van der Waals surface area contributed by atoms with Crippen molar-refractivity contribution >= 4 is 46.0 Å². The first-order valence-electron chi connectivity index (χ1n) is 16.5. The van der Waals surface area contributed by atoms with Gasteiger partial charge in [-0.05, 0) is 52.3 Å². The van der Waals surface area contributed by atoms with Crippen LogP contribution in [0.4, 0.5) is 0 Å². The Kier molecular flexibility index (Phi) is 10.4. The highest BCUT2D eigenvalue weighted by atomic mass is 35.5. The number of aromatic nitrogens is 6. The zero-order chi connectivity index (χ0) is 35.7. The molecule has 50 heavy (non-hydrogen) atoms. The molecule has 0 aliphatic carbocycles. The van der Waals surface area contributed by atoms with Crippen molar-refractivity contribution < 1.29 is 23.8 Å². The molecule has 2 fully saturated rings. The standard InChI is InChI=1S/C22H25ClN4O3.C13H15ClN4O2/c1-13-10-24-27-12-19(23)25-22(21(13)27)30-15(3)17-9-20(28)26(11-17)14(2)16-5-7-18(29-4)8-6-16;1-7-4-16-18-6-10(14)17-13(12(7)18)20-8(2)9-3-11(19)15-5-9/h5-8,10,12,14-15,17H,9,11H2,1-4H3;4,6,8-9H,3,5H2,1-2H3,(H,15,19)/t14-,15-,17-;8-,9-/m11/s1. The SMILES string of the molecule is COc1ccc([C@@H](C)N2C[C@H]([C@@H](C)Oc3nc(Cl)cn4ncc(C)c34)CC2=O)cc1.Cc1cnn2cc(Cl)nc(O[C@H](C)[C@H]3CNC(=O)C3)c12. The first kappa shape index (κ1) is 35.2. The van der Waals surface area contributed by atoms with Crippen LogP contribution < -0.4 is 19.5 Å². The smallest absolute Gasteiger partial charge is 0.242 e. The molecule has 1 aromatic carbocycles. The van der Waals surface area contributed by atoms with Crippen LogP contribution in [0, 0.1) is 25.7 Å². The van der Waals surface area contributed by atoms with E-state index in [4.69, 9.17) is 37.4 Å². The van der Waals surface area contributed by atoms with Crippen LogP contribution in [-0.4, -0.2) is 78.3 Å². The lowest BCUT2D eigenvalue weighted by atomic mass is 10.0. The highest BCUT2D eigenvalue weighted by Crippen LogP contribution is 2.33. The molecule has 1 N–H and O–H groups in total. The van der Waals surface area contributed by atoms with Gasteiger partial charge in [0.15, 0.2) is 10.3 Å². The Morgan fingerprint density at radius 3 is 1.86 bits per heavy atom. The lowest BCUT2D eigenvalue weighted by molar-refractivity contribution is -0.129. The quantitative estimate of drug-likeness (QED) is 0.204. The second kappa shape index (κ2) is 14.7. The summed E-state index contributed by atoms with van der Waals surface area (Å²) in [6, 6.07) is 7.81. The van der Waals surface area contributed by atoms with Crippen molar-refractivity contribution in [2.45, 2.75) is 65.7 Å². The first-order chi connectivity index (χ1) is 23.9. The lowest BCUT2D eigenvalue weighted by Crippen LogP contribution is -2.31. The summed E-state index contributed by atoms with van der Waals surface area (Å²) >= 11 is 12.1. The van der Waals surface area contributed by atoms with E-state index >= 15 is 0 Å². The Balaban J connectivity index is 0.000000187. The van der Waals surface area contributed by atoms with Gasteiger partial charge in [0.1, 0.15) is 29.0 Å². The maximum atomic E-state index is 12.8. The second-order valence-corrected chi connectivity index (χ2v) is 13.6. The zero-order valence-electron chi connectivity index (χ0n) is 28.8. The number of amides is 2. The number of carbonyl (C=O) groups is 2. The monoisotopic (exact) mass is 722 g/mol. The summed E-state index contributed by atoms with van der Waals surface area (Å²) in [5, 5.41) is 11.9. The molecule has 7 rings (SSSR count). The molecule has 2 saturated heterocycles. The molecule has 0 saturated carbocycles. The molecule has 0 spiro atoms. The van der Waals surface area contributed by atoms with Gasteiger partial charge >= 0.3 is 0 Å². The topological polar surface area (TPSA) is 137 Å². The fourth-order valence-corrected chi connectivity index (χ4v) is 6.70. The number of hydrogen-bond donors (Lipinski definition) is 1. The second-order valence-electron chi connectivity index (χ2n) is 12.9. The van der Waals surface area contributed by atoms with E-state index in [1.54, 1.807) is 40.9 Å². The molecule has 6 heterocycles. The predicted molar refractivity (Wildman–Crippen MR) is 188 cm³/mol. The van der Waals surface area contributed by atoms with Crippen LogP contribution in [-0.2, 0) is 9.59 Å². The van der Waals surface area contributed by atoms with Crippen molar-refractivity contribution in [1.29, 1.82) is 0 Å². The lowest BCUT2D eigenvalue weighted by Gasteiger charge is -2.26. The molecule has 5 atom stereocenters. The number of aryl methyl sites for hydroxylation is 2. The maximum absolute atomic E-state index is 12.8. The molecular formula is C35H40Cl2N8O5. The average molecular weight is 724 g/mol. The Bertz CT molecular complexity index is 2020. The number of halogens is 2. The van der Waals surface area contributed by atoms with E-state index in [9.17, 15) is 9.59 Å². The van der Waals surface area contributed by atoms with Crippen molar-refractivity contribution in [3.63, 3.8) is 0 Å². The van der Waals surface area contributed by atoms with Crippen molar-refractivity contribution in [2.75, 3.05) is 20.2 Å². The summed E-state index contributed by atoms with van der Waals surface area (Å²) in [7, 11) is 1.64. The van der Waals surface area contributed by atoms with Gasteiger partial charge in [0.2, 0.25) is 23.6 Å². The molecule has 2 aliphatic rings. The van der Waals surface area contributed by atoms with Gasteiger partial charge in [-0.1, -0.05) is 35.3 Å². The fraction of sp³-hybridized carbons (Fsp3) is 0.429. The van der Waals surface area contributed by atoms with Gasteiger partial charge in [0.05, 0.1) is 37.9 Å². The van der Waals surface area contributed by atoms with Crippen LogP contribution in [0.2, 0.25) is 10.3 Å². The number of nitrogens with one attached hydrogen (secondary N) is 1. The van der Waals surface area contributed by atoms with E-state index in [1.807, 2.05) is 63.8 Å². The molecule has 5 aromatic rings. The molecule has 2 amide bonds. The molecule has 15 heteroatoms. The molecule has 2 aliphatic heterocycles. The van der Waals surface area contributed by atoms with Gasteiger partial charge < -0.3 is 24.4 Å². The van der Waals surface area contributed by atoms with Gasteiger partial charge in [0, 0.05) is 48.9 Å². The van der Waals surface area contributed by atoms with Crippen molar-refractivity contribution in [1.82, 2.24) is 39.4 Å². The van der Waals surface area contributed by atoms with Gasteiger partial charge in [-0.2, -0.15) is 20.2 Å². The molecule has 13 nitrogen and oxygen atoms in total. The summed E-state index contributed by atoms with van der Waals surface area (Å²) in [4.78, 5) is 34.5. The van der Waals surface area contributed by atoms with E-state index in [0.717, 1.165) is 33.5 Å². The number of nitrogens with zero attached hydrogens (tertiary/aromatic N) is 7. The zero-order valence-corrected chi connectivity index (χ0v) is 30.3. The number of benzene rings is 1. The third kappa shape index (κ3) is 7.43. The van der Waals surface area contributed by atoms with E-state index < -0.39 is 0 Å². The maximum Gasteiger partial charge on any atom is 0.242 e. The number of rotatable bonds is 9. The van der Waals surface area contributed by atoms with Gasteiger partial charge in [-0.15, -0.1) is 0 Å². The van der Waals surface area contributed by atoms with Crippen LogP contribution >= 0.6 is 23.2 Å². The summed E-state index contributed by atoms with van der Waals surface area (Å²) in [5.41, 5.74) is 4.60. The van der Waals surface area contributed by atoms with Crippen molar-refractivity contribution in [3.05, 3.63) is 76.0 Å². The molecule has 4 aromatic heterocycles. The molecule has 0 radical (unpaired) electrons. The first-order valence-corrected chi connectivity index (χ1v) is 17.2. The number of likely N-dealkylation sites (tertiary alicyclic amines) is 1. The molecule has 264 valence electrons. The normalized spacial score (nSPS) is 19.2. The molecule has 0 bridgehead atoms. The summed E-state index contributed by atoms with van der Waals surface area (Å²) in [6.45, 7) is 11.1. The van der Waals surface area contributed by atoms with Crippen LogP contribution in [0.25, 0.3) is 11.0 Å². The Morgan fingerprint density at radius 1 is 0.820 bits per heavy atom. The Morgan fingerprint density at radius 2 is 1.36 bits per heavy atom. The molecule has 0 unspecified atom stereocenters. The fourth-order valence-electron chi connectivity index (χ4n) is 6.37. The van der Waals surface area contributed by atoms with Crippen molar-refractivity contribution in [3.8, 4) is 17.5 Å². The van der Waals surface area contributed by atoms with Crippen LogP contribution in [0.15, 0.2) is 49.1 Å². The molecular weight excluding hydrogens is 683 g/mol. The van der Waals surface area contributed by atoms with E-state index in [2.05, 4.69) is 25.5 Å². The Hall–Kier alpha value is -4.62. The van der Waals surface area contributed by atoms with E-state index in [-0.39, 0.29) is 41.9 Å². The van der Waals surface area contributed by atoms with Crippen molar-refractivity contribution in [2.24, 2.45) is 11.8 Å². The highest BCUT2D eigenvalue weighted by molar-refractivity contribution is 6.29. The summed E-state index contributed by atoms with van der Waals surface area (Å²) in [5.74, 6) is 2.10. The third-order valence-corrected chi connectivity index (χ3v) is 9.79. The number of methoxy groups -OCH3 is 1. The predicted octanol–water partition coefficient (Wildman–Crippen LogP) is 5.67. The summed E-state index contributed by atoms with van der Waals surface area (Å²) < 4.78 is 20.7. The minimum absolute atomic E-state index is 0.0197. The number of fused-ring (bicyclic) bond motifs is 2. The minimum Gasteiger partial charge on any atom is -0.497 e. The largest absolute Gasteiger partial charge is 0.497 e. The van der Waals surface area contributed by atoms with Crippen LogP contribution in [0.1, 0.15) is 56.3 Å². The number of hydrogen-bond acceptors (Lipinski definition) is 9.